The topological polar surface area (TPSA) is 72.3 Å². The Labute approximate surface area is 142 Å². The van der Waals surface area contributed by atoms with Crippen molar-refractivity contribution in [2.45, 2.75) is 18.8 Å². The standard InChI is InChI=1S/C15H15ClN6S/c16-13-4-3-11(8-17-13)22-15(10-2-1-7-23-9-10)19-14(21-22)12-5-6-18-20-12/h3-6,8,10H,1-2,7,9H2,(H,18,20). The van der Waals surface area contributed by atoms with Crippen molar-refractivity contribution in [2.75, 3.05) is 11.5 Å². The highest BCUT2D eigenvalue weighted by atomic mass is 35.5. The van der Waals surface area contributed by atoms with Gasteiger partial charge in [0.05, 0.1) is 11.9 Å². The van der Waals surface area contributed by atoms with Crippen LogP contribution in [0.15, 0.2) is 30.6 Å². The molecule has 0 aromatic carbocycles. The summed E-state index contributed by atoms with van der Waals surface area (Å²) in [6.07, 6.45) is 5.78. The molecule has 1 saturated heterocycles. The third-order valence-corrected chi connectivity index (χ3v) is 5.29. The molecule has 1 fully saturated rings. The molecule has 1 unspecified atom stereocenters. The van der Waals surface area contributed by atoms with Crippen molar-refractivity contribution in [1.82, 2.24) is 29.9 Å². The van der Waals surface area contributed by atoms with E-state index in [0.717, 1.165) is 29.4 Å². The molecule has 4 heterocycles. The fraction of sp³-hybridized carbons (Fsp3) is 0.333. The van der Waals surface area contributed by atoms with Crippen LogP contribution in [0.3, 0.4) is 0 Å². The molecule has 1 N–H and O–H groups in total. The Hall–Kier alpha value is -1.86. The van der Waals surface area contributed by atoms with Crippen molar-refractivity contribution >= 4 is 23.4 Å². The molecule has 0 amide bonds. The second kappa shape index (κ2) is 6.33. The van der Waals surface area contributed by atoms with Crippen LogP contribution < -0.4 is 0 Å². The van der Waals surface area contributed by atoms with Gasteiger partial charge in [-0.1, -0.05) is 11.6 Å². The molecule has 4 rings (SSSR count). The first-order valence-corrected chi connectivity index (χ1v) is 9.01. The quantitative estimate of drug-likeness (QED) is 0.736. The van der Waals surface area contributed by atoms with Crippen LogP contribution in [0.4, 0.5) is 0 Å². The van der Waals surface area contributed by atoms with Gasteiger partial charge in [-0.3, -0.25) is 5.10 Å². The number of aromatic amines is 1. The van der Waals surface area contributed by atoms with Gasteiger partial charge in [0.2, 0.25) is 0 Å². The van der Waals surface area contributed by atoms with E-state index < -0.39 is 0 Å². The molecule has 23 heavy (non-hydrogen) atoms. The number of thioether (sulfide) groups is 1. The van der Waals surface area contributed by atoms with E-state index in [9.17, 15) is 0 Å². The van der Waals surface area contributed by atoms with Crippen molar-refractivity contribution in [3.63, 3.8) is 0 Å². The first-order valence-electron chi connectivity index (χ1n) is 7.47. The highest BCUT2D eigenvalue weighted by Gasteiger charge is 2.24. The van der Waals surface area contributed by atoms with Crippen LogP contribution in [0, 0.1) is 0 Å². The van der Waals surface area contributed by atoms with Crippen molar-refractivity contribution in [3.05, 3.63) is 41.6 Å². The molecule has 0 aliphatic carbocycles. The zero-order valence-corrected chi connectivity index (χ0v) is 13.9. The fourth-order valence-corrected chi connectivity index (χ4v) is 3.96. The summed E-state index contributed by atoms with van der Waals surface area (Å²) in [6.45, 7) is 0. The number of halogens is 1. The van der Waals surface area contributed by atoms with Gasteiger partial charge in [-0.2, -0.15) is 16.9 Å². The van der Waals surface area contributed by atoms with Gasteiger partial charge in [-0.25, -0.2) is 14.6 Å². The Balaban J connectivity index is 1.79. The highest BCUT2D eigenvalue weighted by Crippen LogP contribution is 2.32. The minimum absolute atomic E-state index is 0.397. The van der Waals surface area contributed by atoms with Crippen LogP contribution in [0.25, 0.3) is 17.2 Å². The minimum Gasteiger partial charge on any atom is -0.275 e. The number of hydrogen-bond acceptors (Lipinski definition) is 5. The van der Waals surface area contributed by atoms with Gasteiger partial charge in [0.25, 0.3) is 0 Å². The molecule has 118 valence electrons. The molecule has 0 saturated carbocycles. The van der Waals surface area contributed by atoms with Crippen LogP contribution in [0.5, 0.6) is 0 Å². The van der Waals surface area contributed by atoms with Gasteiger partial charge >= 0.3 is 0 Å². The summed E-state index contributed by atoms with van der Waals surface area (Å²) >= 11 is 7.87. The molecule has 8 heteroatoms. The minimum atomic E-state index is 0.397. The lowest BCUT2D eigenvalue weighted by Crippen LogP contribution is -2.14. The lowest BCUT2D eigenvalue weighted by atomic mass is 10.0. The Morgan fingerprint density at radius 2 is 2.26 bits per heavy atom. The molecule has 0 spiro atoms. The summed E-state index contributed by atoms with van der Waals surface area (Å²) in [4.78, 5) is 8.95. The maximum absolute atomic E-state index is 5.90. The summed E-state index contributed by atoms with van der Waals surface area (Å²) in [5.74, 6) is 4.32. The predicted octanol–water partition coefficient (Wildman–Crippen LogP) is 3.32. The fourth-order valence-electron chi connectivity index (χ4n) is 2.71. The predicted molar refractivity (Wildman–Crippen MR) is 91.0 cm³/mol. The molecule has 3 aromatic rings. The first-order chi connectivity index (χ1) is 11.3. The van der Waals surface area contributed by atoms with Crippen LogP contribution in [0.2, 0.25) is 5.15 Å². The SMILES string of the molecule is Clc1ccc(-n2nc(-c3ccn[nH]3)nc2C2CCCSC2)cn1. The monoisotopic (exact) mass is 346 g/mol. The number of H-pyrrole nitrogens is 1. The van der Waals surface area contributed by atoms with E-state index in [-0.39, 0.29) is 0 Å². The van der Waals surface area contributed by atoms with E-state index in [2.05, 4.69) is 20.3 Å². The maximum Gasteiger partial charge on any atom is 0.199 e. The van der Waals surface area contributed by atoms with E-state index in [1.807, 2.05) is 28.6 Å². The number of nitrogens with zero attached hydrogens (tertiary/aromatic N) is 5. The molecule has 0 radical (unpaired) electrons. The first kappa shape index (κ1) is 14.7. The average molecular weight is 347 g/mol. The zero-order valence-electron chi connectivity index (χ0n) is 12.3. The number of aromatic nitrogens is 6. The van der Waals surface area contributed by atoms with Gasteiger partial charge in [0.15, 0.2) is 5.82 Å². The van der Waals surface area contributed by atoms with Crippen LogP contribution in [-0.2, 0) is 0 Å². The zero-order chi connectivity index (χ0) is 15.6. The third-order valence-electron chi connectivity index (χ3n) is 3.86. The highest BCUT2D eigenvalue weighted by molar-refractivity contribution is 7.99. The van der Waals surface area contributed by atoms with E-state index in [1.54, 1.807) is 18.5 Å². The number of nitrogens with one attached hydrogen (secondary N) is 1. The smallest absolute Gasteiger partial charge is 0.199 e. The van der Waals surface area contributed by atoms with Gasteiger partial charge in [-0.15, -0.1) is 5.10 Å². The van der Waals surface area contributed by atoms with Crippen molar-refractivity contribution in [1.29, 1.82) is 0 Å². The van der Waals surface area contributed by atoms with Gasteiger partial charge in [0.1, 0.15) is 16.7 Å². The van der Waals surface area contributed by atoms with E-state index in [0.29, 0.717) is 16.9 Å². The molecule has 3 aromatic heterocycles. The van der Waals surface area contributed by atoms with E-state index >= 15 is 0 Å². The number of hydrogen-bond donors (Lipinski definition) is 1. The second-order valence-electron chi connectivity index (χ2n) is 5.43. The third kappa shape index (κ3) is 2.98. The molecule has 1 aliphatic rings. The van der Waals surface area contributed by atoms with E-state index in [1.165, 1.54) is 12.2 Å². The van der Waals surface area contributed by atoms with Crippen molar-refractivity contribution < 1.29 is 0 Å². The molecular weight excluding hydrogens is 332 g/mol. The lowest BCUT2D eigenvalue weighted by molar-refractivity contribution is 0.602. The summed E-state index contributed by atoms with van der Waals surface area (Å²) < 4.78 is 1.88. The largest absolute Gasteiger partial charge is 0.275 e. The normalized spacial score (nSPS) is 18.2. The summed E-state index contributed by atoms with van der Waals surface area (Å²) in [6, 6.07) is 5.56. The van der Waals surface area contributed by atoms with Gasteiger partial charge in [0, 0.05) is 17.9 Å². The number of rotatable bonds is 3. The molecule has 1 aliphatic heterocycles. The van der Waals surface area contributed by atoms with Gasteiger partial charge < -0.3 is 0 Å². The molecule has 0 bridgehead atoms. The molecular formula is C15H15ClN6S. The average Bonchev–Trinajstić information content (AvgIpc) is 3.26. The maximum atomic E-state index is 5.90. The Bertz CT molecular complexity index is 777. The van der Waals surface area contributed by atoms with Crippen molar-refractivity contribution in [2.24, 2.45) is 0 Å². The lowest BCUT2D eigenvalue weighted by Gasteiger charge is -2.20. The Morgan fingerprint density at radius 1 is 1.30 bits per heavy atom. The van der Waals surface area contributed by atoms with Crippen molar-refractivity contribution in [3.8, 4) is 17.2 Å². The van der Waals surface area contributed by atoms with Crippen LogP contribution in [0.1, 0.15) is 24.6 Å². The summed E-state index contributed by atoms with van der Waals surface area (Å²) in [5.41, 5.74) is 1.69. The summed E-state index contributed by atoms with van der Waals surface area (Å²) in [5, 5.41) is 12.1. The van der Waals surface area contributed by atoms with Gasteiger partial charge in [-0.05, 0) is 36.8 Å². The second-order valence-corrected chi connectivity index (χ2v) is 6.97. The van der Waals surface area contributed by atoms with E-state index in [4.69, 9.17) is 16.6 Å². The molecule has 1 atom stereocenters. The Morgan fingerprint density at radius 3 is 2.96 bits per heavy atom. The van der Waals surface area contributed by atoms with Crippen LogP contribution >= 0.6 is 23.4 Å². The Kier molecular flexibility index (Phi) is 4.05. The molecule has 6 nitrogen and oxygen atoms in total. The van der Waals surface area contributed by atoms with Crippen LogP contribution in [-0.4, -0.2) is 41.5 Å². The number of pyridine rings is 1. The summed E-state index contributed by atoms with van der Waals surface area (Å²) in [7, 11) is 0.